The van der Waals surface area contributed by atoms with Gasteiger partial charge in [-0.05, 0) is 41.4 Å². The first kappa shape index (κ1) is 18.4. The molecule has 0 radical (unpaired) electrons. The molecule has 0 unspecified atom stereocenters. The highest BCUT2D eigenvalue weighted by molar-refractivity contribution is 9.10. The molecule has 0 atom stereocenters. The molecule has 1 N–H and O–H groups in total. The molecule has 4 nitrogen and oxygen atoms in total. The fourth-order valence-electron chi connectivity index (χ4n) is 1.86. The van der Waals surface area contributed by atoms with Crippen LogP contribution in [0.5, 0.6) is 5.75 Å². The van der Waals surface area contributed by atoms with Gasteiger partial charge in [0.15, 0.2) is 0 Å². The third kappa shape index (κ3) is 7.81. The molecule has 1 aromatic carbocycles. The Balaban J connectivity index is 2.35. The van der Waals surface area contributed by atoms with Crippen molar-refractivity contribution in [3.05, 3.63) is 28.2 Å². The van der Waals surface area contributed by atoms with E-state index in [2.05, 4.69) is 34.2 Å². The molecule has 1 aromatic rings. The molecule has 0 aromatic heterocycles. The summed E-state index contributed by atoms with van der Waals surface area (Å²) >= 11 is 3.55. The van der Waals surface area contributed by atoms with E-state index in [4.69, 9.17) is 14.2 Å². The van der Waals surface area contributed by atoms with Crippen molar-refractivity contribution in [1.29, 1.82) is 0 Å². The summed E-state index contributed by atoms with van der Waals surface area (Å²) in [6.07, 6.45) is 2.04. The number of benzene rings is 1. The molecule has 0 aliphatic rings. The van der Waals surface area contributed by atoms with Gasteiger partial charge in [0.2, 0.25) is 0 Å². The summed E-state index contributed by atoms with van der Waals surface area (Å²) in [7, 11) is 1.70. The highest BCUT2D eigenvalue weighted by atomic mass is 79.9. The normalized spacial score (nSPS) is 10.8. The zero-order valence-corrected chi connectivity index (χ0v) is 14.6. The summed E-state index contributed by atoms with van der Waals surface area (Å²) in [5.41, 5.74) is 1.16. The summed E-state index contributed by atoms with van der Waals surface area (Å²) in [4.78, 5) is 0. The van der Waals surface area contributed by atoms with Gasteiger partial charge in [0, 0.05) is 32.4 Å². The van der Waals surface area contributed by atoms with E-state index in [1.165, 1.54) is 0 Å². The Labute approximate surface area is 136 Å². The van der Waals surface area contributed by atoms with Crippen molar-refractivity contribution >= 4 is 15.9 Å². The monoisotopic (exact) mass is 359 g/mol. The van der Waals surface area contributed by atoms with E-state index in [1.54, 1.807) is 7.11 Å². The van der Waals surface area contributed by atoms with Crippen LogP contribution in [0.25, 0.3) is 0 Å². The van der Waals surface area contributed by atoms with Gasteiger partial charge < -0.3 is 19.5 Å². The van der Waals surface area contributed by atoms with Crippen molar-refractivity contribution in [3.63, 3.8) is 0 Å². The van der Waals surface area contributed by atoms with Gasteiger partial charge >= 0.3 is 0 Å². The molecular weight excluding hydrogens is 334 g/mol. The number of halogens is 1. The molecule has 5 heteroatoms. The number of methoxy groups -OCH3 is 1. The van der Waals surface area contributed by atoms with Crippen molar-refractivity contribution in [1.82, 2.24) is 5.32 Å². The van der Waals surface area contributed by atoms with Crippen LogP contribution >= 0.6 is 15.9 Å². The lowest BCUT2D eigenvalue weighted by atomic mass is 10.2. The lowest BCUT2D eigenvalue weighted by Gasteiger charge is -2.14. The maximum Gasteiger partial charge on any atom is 0.138 e. The molecule has 0 amide bonds. The third-order valence-electron chi connectivity index (χ3n) is 2.90. The predicted molar refractivity (Wildman–Crippen MR) is 88.9 cm³/mol. The Kier molecular flexibility index (Phi) is 10.5. The number of hydrogen-bond acceptors (Lipinski definition) is 4. The summed E-state index contributed by atoms with van der Waals surface area (Å²) in [6.45, 7) is 6.57. The molecule has 21 heavy (non-hydrogen) atoms. The number of hydrogen-bond donors (Lipinski definition) is 1. The Morgan fingerprint density at radius 1 is 1.14 bits per heavy atom. The van der Waals surface area contributed by atoms with Crippen molar-refractivity contribution in [2.75, 3.05) is 40.1 Å². The molecule has 1 rings (SSSR count). The van der Waals surface area contributed by atoms with E-state index in [-0.39, 0.29) is 0 Å². The zero-order chi connectivity index (χ0) is 15.3. The molecule has 0 saturated heterocycles. The van der Waals surface area contributed by atoms with Gasteiger partial charge in [-0.1, -0.05) is 19.1 Å². The van der Waals surface area contributed by atoms with Crippen LogP contribution in [0.4, 0.5) is 0 Å². The second kappa shape index (κ2) is 12.0. The van der Waals surface area contributed by atoms with Gasteiger partial charge in [-0.2, -0.15) is 0 Å². The van der Waals surface area contributed by atoms with Gasteiger partial charge in [0.1, 0.15) is 12.4 Å². The van der Waals surface area contributed by atoms with Crippen LogP contribution in [-0.2, 0) is 16.0 Å². The summed E-state index contributed by atoms with van der Waals surface area (Å²) in [5.74, 6) is 0.904. The standard InChI is InChI=1S/C16H26BrNO3/c1-3-8-18-13-14-6-4-7-15(17)16(14)21-12-11-20-10-5-9-19-2/h4,6-7,18H,3,5,8-13H2,1-2H3. The third-order valence-corrected chi connectivity index (χ3v) is 3.53. The minimum absolute atomic E-state index is 0.552. The van der Waals surface area contributed by atoms with Gasteiger partial charge in [-0.15, -0.1) is 0 Å². The molecule has 0 aliphatic carbocycles. The van der Waals surface area contributed by atoms with Gasteiger partial charge in [-0.3, -0.25) is 0 Å². The second-order valence-electron chi connectivity index (χ2n) is 4.71. The Morgan fingerprint density at radius 3 is 2.76 bits per heavy atom. The van der Waals surface area contributed by atoms with E-state index in [0.717, 1.165) is 48.3 Å². The fourth-order valence-corrected chi connectivity index (χ4v) is 2.39. The summed E-state index contributed by atoms with van der Waals surface area (Å²) in [6, 6.07) is 6.11. The first-order valence-electron chi connectivity index (χ1n) is 7.47. The van der Waals surface area contributed by atoms with Crippen LogP contribution in [0.3, 0.4) is 0 Å². The Hall–Kier alpha value is -0.620. The van der Waals surface area contributed by atoms with E-state index in [9.17, 15) is 0 Å². The zero-order valence-electron chi connectivity index (χ0n) is 13.0. The highest BCUT2D eigenvalue weighted by Crippen LogP contribution is 2.29. The average molecular weight is 360 g/mol. The van der Waals surface area contributed by atoms with Gasteiger partial charge in [-0.25, -0.2) is 0 Å². The summed E-state index contributed by atoms with van der Waals surface area (Å²) < 4.78 is 17.3. The lowest BCUT2D eigenvalue weighted by Crippen LogP contribution is -2.16. The largest absolute Gasteiger partial charge is 0.490 e. The quantitative estimate of drug-likeness (QED) is 0.580. The fraction of sp³-hybridized carbons (Fsp3) is 0.625. The van der Waals surface area contributed by atoms with Crippen LogP contribution < -0.4 is 10.1 Å². The predicted octanol–water partition coefficient (Wildman–Crippen LogP) is 3.38. The van der Waals surface area contributed by atoms with Crippen LogP contribution in [0.1, 0.15) is 25.3 Å². The van der Waals surface area contributed by atoms with Crippen molar-refractivity contribution in [2.45, 2.75) is 26.3 Å². The van der Waals surface area contributed by atoms with Crippen molar-refractivity contribution < 1.29 is 14.2 Å². The molecule has 0 aliphatic heterocycles. The first-order valence-corrected chi connectivity index (χ1v) is 8.26. The Morgan fingerprint density at radius 2 is 2.00 bits per heavy atom. The molecule has 0 bridgehead atoms. The van der Waals surface area contributed by atoms with Crippen LogP contribution in [0, 0.1) is 0 Å². The molecule has 0 fully saturated rings. The molecule has 0 saturated carbocycles. The van der Waals surface area contributed by atoms with Crippen LogP contribution in [-0.4, -0.2) is 40.1 Å². The maximum atomic E-state index is 5.86. The van der Waals surface area contributed by atoms with Crippen LogP contribution in [0.2, 0.25) is 0 Å². The molecule has 0 heterocycles. The minimum atomic E-state index is 0.552. The smallest absolute Gasteiger partial charge is 0.138 e. The number of nitrogens with one attached hydrogen (secondary N) is 1. The van der Waals surface area contributed by atoms with E-state index >= 15 is 0 Å². The van der Waals surface area contributed by atoms with E-state index in [1.807, 2.05) is 12.1 Å². The Bertz CT molecular complexity index is 388. The summed E-state index contributed by atoms with van der Waals surface area (Å²) in [5, 5.41) is 3.40. The van der Waals surface area contributed by atoms with Gasteiger partial charge in [0.05, 0.1) is 11.1 Å². The lowest BCUT2D eigenvalue weighted by molar-refractivity contribution is 0.0802. The highest BCUT2D eigenvalue weighted by Gasteiger charge is 2.07. The van der Waals surface area contributed by atoms with Crippen molar-refractivity contribution in [2.24, 2.45) is 0 Å². The van der Waals surface area contributed by atoms with Crippen molar-refractivity contribution in [3.8, 4) is 5.75 Å². The molecule has 120 valence electrons. The maximum absolute atomic E-state index is 5.86. The number of ether oxygens (including phenoxy) is 3. The second-order valence-corrected chi connectivity index (χ2v) is 5.57. The molecule has 0 spiro atoms. The first-order chi connectivity index (χ1) is 10.3. The number of para-hydroxylation sites is 1. The SMILES string of the molecule is CCCNCc1cccc(Br)c1OCCOCCCOC. The van der Waals surface area contributed by atoms with E-state index in [0.29, 0.717) is 19.8 Å². The minimum Gasteiger partial charge on any atom is -0.490 e. The molecular formula is C16H26BrNO3. The van der Waals surface area contributed by atoms with E-state index < -0.39 is 0 Å². The topological polar surface area (TPSA) is 39.7 Å². The van der Waals surface area contributed by atoms with Gasteiger partial charge in [0.25, 0.3) is 0 Å². The van der Waals surface area contributed by atoms with Crippen LogP contribution in [0.15, 0.2) is 22.7 Å². The average Bonchev–Trinajstić information content (AvgIpc) is 2.49. The number of rotatable bonds is 12.